The van der Waals surface area contributed by atoms with Gasteiger partial charge in [-0.2, -0.15) is 0 Å². The SMILES string of the molecule is Cc1cc(-c2cnc(C3CC3)nc2C2CCN(C(=O)c3ccccc3Cl)CC2)on1. The predicted molar refractivity (Wildman–Crippen MR) is 114 cm³/mol. The number of likely N-dealkylation sites (tertiary alicyclic amines) is 1. The number of hydrogen-bond donors (Lipinski definition) is 0. The fraction of sp³-hybridized carbons (Fsp3) is 0.391. The molecule has 1 saturated heterocycles. The van der Waals surface area contributed by atoms with Crippen LogP contribution in [0.3, 0.4) is 0 Å². The maximum Gasteiger partial charge on any atom is 0.255 e. The van der Waals surface area contributed by atoms with Gasteiger partial charge in [-0.05, 0) is 44.7 Å². The van der Waals surface area contributed by atoms with Crippen LogP contribution < -0.4 is 0 Å². The van der Waals surface area contributed by atoms with Crippen molar-refractivity contribution in [2.75, 3.05) is 13.1 Å². The van der Waals surface area contributed by atoms with E-state index in [0.717, 1.165) is 48.5 Å². The monoisotopic (exact) mass is 422 g/mol. The molecule has 1 aliphatic heterocycles. The Bertz CT molecular complexity index is 1080. The number of aryl methyl sites for hydroxylation is 1. The summed E-state index contributed by atoms with van der Waals surface area (Å²) in [6, 6.07) is 9.15. The molecule has 3 heterocycles. The second-order valence-electron chi connectivity index (χ2n) is 8.18. The maximum absolute atomic E-state index is 12.9. The molecule has 6 nitrogen and oxygen atoms in total. The van der Waals surface area contributed by atoms with Crippen LogP contribution in [0, 0.1) is 6.92 Å². The lowest BCUT2D eigenvalue weighted by Gasteiger charge is -2.32. The zero-order valence-electron chi connectivity index (χ0n) is 16.8. The van der Waals surface area contributed by atoms with Gasteiger partial charge in [0.15, 0.2) is 5.76 Å². The Morgan fingerprint density at radius 1 is 1.13 bits per heavy atom. The smallest absolute Gasteiger partial charge is 0.255 e. The molecule has 1 amide bonds. The van der Waals surface area contributed by atoms with E-state index in [1.165, 1.54) is 0 Å². The molecule has 0 unspecified atom stereocenters. The average molecular weight is 423 g/mol. The molecule has 0 atom stereocenters. The van der Waals surface area contributed by atoms with Gasteiger partial charge in [0.2, 0.25) is 0 Å². The van der Waals surface area contributed by atoms with Gasteiger partial charge in [-0.3, -0.25) is 4.79 Å². The second-order valence-corrected chi connectivity index (χ2v) is 8.59. The van der Waals surface area contributed by atoms with Gasteiger partial charge in [-0.15, -0.1) is 0 Å². The van der Waals surface area contributed by atoms with Crippen molar-refractivity contribution in [1.82, 2.24) is 20.0 Å². The fourth-order valence-corrected chi connectivity index (χ4v) is 4.32. The Labute approximate surface area is 180 Å². The van der Waals surface area contributed by atoms with E-state index in [4.69, 9.17) is 21.1 Å². The normalized spacial score (nSPS) is 17.3. The molecule has 5 rings (SSSR count). The highest BCUT2D eigenvalue weighted by atomic mass is 35.5. The summed E-state index contributed by atoms with van der Waals surface area (Å²) in [7, 11) is 0. The van der Waals surface area contributed by atoms with Crippen LogP contribution in [-0.4, -0.2) is 39.0 Å². The van der Waals surface area contributed by atoms with E-state index in [1.54, 1.807) is 12.1 Å². The molecule has 0 radical (unpaired) electrons. The van der Waals surface area contributed by atoms with E-state index in [2.05, 4.69) is 10.1 Å². The number of hydrogen-bond acceptors (Lipinski definition) is 5. The minimum absolute atomic E-state index is 0.00788. The summed E-state index contributed by atoms with van der Waals surface area (Å²) in [5.41, 5.74) is 3.33. The van der Waals surface area contributed by atoms with Crippen molar-refractivity contribution in [1.29, 1.82) is 0 Å². The van der Waals surface area contributed by atoms with Crippen molar-refractivity contribution in [3.63, 3.8) is 0 Å². The number of carbonyl (C=O) groups is 1. The Balaban J connectivity index is 1.38. The van der Waals surface area contributed by atoms with Gasteiger partial charge in [0.05, 0.1) is 27.5 Å². The lowest BCUT2D eigenvalue weighted by atomic mass is 9.89. The maximum atomic E-state index is 12.9. The van der Waals surface area contributed by atoms with E-state index < -0.39 is 0 Å². The molecule has 1 aliphatic carbocycles. The van der Waals surface area contributed by atoms with Crippen LogP contribution in [0.15, 0.2) is 41.1 Å². The summed E-state index contributed by atoms with van der Waals surface area (Å²) < 4.78 is 5.52. The summed E-state index contributed by atoms with van der Waals surface area (Å²) in [5, 5.41) is 4.53. The van der Waals surface area contributed by atoms with Crippen LogP contribution in [0.25, 0.3) is 11.3 Å². The van der Waals surface area contributed by atoms with Crippen LogP contribution in [0.2, 0.25) is 5.02 Å². The minimum atomic E-state index is -0.00788. The van der Waals surface area contributed by atoms with E-state index in [1.807, 2.05) is 36.2 Å². The summed E-state index contributed by atoms with van der Waals surface area (Å²) in [6.45, 7) is 3.25. The molecule has 2 aliphatic rings. The van der Waals surface area contributed by atoms with Gasteiger partial charge in [0.25, 0.3) is 5.91 Å². The van der Waals surface area contributed by atoms with Crippen molar-refractivity contribution < 1.29 is 9.32 Å². The van der Waals surface area contributed by atoms with Crippen LogP contribution in [0.5, 0.6) is 0 Å². The number of amides is 1. The molecule has 7 heteroatoms. The van der Waals surface area contributed by atoms with Crippen LogP contribution in [0.4, 0.5) is 0 Å². The largest absolute Gasteiger partial charge is 0.356 e. The van der Waals surface area contributed by atoms with Gasteiger partial charge in [0.1, 0.15) is 5.82 Å². The third-order valence-corrected chi connectivity index (χ3v) is 6.28. The zero-order valence-corrected chi connectivity index (χ0v) is 17.6. The molecular weight excluding hydrogens is 400 g/mol. The highest BCUT2D eigenvalue weighted by molar-refractivity contribution is 6.33. The standard InChI is InChI=1S/C23H23ClN4O2/c1-14-12-20(30-27-14)18-13-25-22(16-6-7-16)26-21(18)15-8-10-28(11-9-15)23(29)17-4-2-3-5-19(17)24/h2-5,12-13,15-16H,6-11H2,1H3. The molecule has 2 aromatic heterocycles. The first kappa shape index (κ1) is 19.2. The summed E-state index contributed by atoms with van der Waals surface area (Å²) in [4.78, 5) is 24.3. The summed E-state index contributed by atoms with van der Waals surface area (Å²) in [5.74, 6) is 2.36. The average Bonchev–Trinajstić information content (AvgIpc) is 3.54. The number of piperidine rings is 1. The molecule has 0 bridgehead atoms. The Morgan fingerprint density at radius 3 is 2.57 bits per heavy atom. The quantitative estimate of drug-likeness (QED) is 0.592. The number of benzene rings is 1. The van der Waals surface area contributed by atoms with Crippen molar-refractivity contribution in [3.8, 4) is 11.3 Å². The minimum Gasteiger partial charge on any atom is -0.356 e. The van der Waals surface area contributed by atoms with E-state index in [0.29, 0.717) is 35.4 Å². The Morgan fingerprint density at radius 2 is 1.90 bits per heavy atom. The first-order valence-corrected chi connectivity index (χ1v) is 10.8. The number of carbonyl (C=O) groups excluding carboxylic acids is 1. The van der Waals surface area contributed by atoms with E-state index in [9.17, 15) is 4.79 Å². The van der Waals surface area contributed by atoms with Crippen molar-refractivity contribution in [2.24, 2.45) is 0 Å². The topological polar surface area (TPSA) is 72.1 Å². The number of halogens is 1. The van der Waals surface area contributed by atoms with Gasteiger partial charge >= 0.3 is 0 Å². The molecule has 1 aromatic carbocycles. The van der Waals surface area contributed by atoms with Gasteiger partial charge in [-0.1, -0.05) is 28.9 Å². The molecule has 1 saturated carbocycles. The third-order valence-electron chi connectivity index (χ3n) is 5.95. The van der Waals surface area contributed by atoms with E-state index >= 15 is 0 Å². The summed E-state index contributed by atoms with van der Waals surface area (Å²) in [6.07, 6.45) is 5.89. The molecule has 3 aromatic rings. The Kier molecular flexibility index (Phi) is 5.03. The fourth-order valence-electron chi connectivity index (χ4n) is 4.10. The highest BCUT2D eigenvalue weighted by Gasteiger charge is 2.32. The van der Waals surface area contributed by atoms with Crippen LogP contribution >= 0.6 is 11.6 Å². The van der Waals surface area contributed by atoms with Crippen LogP contribution in [0.1, 0.15) is 65.1 Å². The van der Waals surface area contributed by atoms with Crippen molar-refractivity contribution in [3.05, 3.63) is 64.3 Å². The predicted octanol–water partition coefficient (Wildman–Crippen LogP) is 4.99. The number of nitrogens with zero attached hydrogens (tertiary/aromatic N) is 4. The molecule has 30 heavy (non-hydrogen) atoms. The van der Waals surface area contributed by atoms with Gasteiger partial charge in [0, 0.05) is 37.2 Å². The molecular formula is C23H23ClN4O2. The Hall–Kier alpha value is -2.73. The van der Waals surface area contributed by atoms with Crippen molar-refractivity contribution >= 4 is 17.5 Å². The lowest BCUT2D eigenvalue weighted by Crippen LogP contribution is -2.38. The lowest BCUT2D eigenvalue weighted by molar-refractivity contribution is 0.0712. The zero-order chi connectivity index (χ0) is 20.7. The molecule has 0 N–H and O–H groups in total. The second kappa shape index (κ2) is 7.84. The van der Waals surface area contributed by atoms with Crippen LogP contribution in [-0.2, 0) is 0 Å². The number of aromatic nitrogens is 3. The first-order chi connectivity index (χ1) is 14.6. The molecule has 0 spiro atoms. The first-order valence-electron chi connectivity index (χ1n) is 10.4. The van der Waals surface area contributed by atoms with E-state index in [-0.39, 0.29) is 11.8 Å². The van der Waals surface area contributed by atoms with Gasteiger partial charge < -0.3 is 9.42 Å². The summed E-state index contributed by atoms with van der Waals surface area (Å²) >= 11 is 6.23. The molecule has 154 valence electrons. The highest BCUT2D eigenvalue weighted by Crippen LogP contribution is 2.41. The number of rotatable bonds is 4. The molecule has 2 fully saturated rings. The van der Waals surface area contributed by atoms with Crippen molar-refractivity contribution in [2.45, 2.75) is 44.4 Å². The third kappa shape index (κ3) is 3.72. The van der Waals surface area contributed by atoms with Gasteiger partial charge in [-0.25, -0.2) is 9.97 Å².